The molecule has 0 aliphatic carbocycles. The van der Waals surface area contributed by atoms with E-state index in [-0.39, 0.29) is 24.8 Å². The molecule has 2 saturated heterocycles. The van der Waals surface area contributed by atoms with Crippen molar-refractivity contribution < 1.29 is 23.8 Å². The summed E-state index contributed by atoms with van der Waals surface area (Å²) in [6, 6.07) is 5.15. The molecule has 1 amide bonds. The van der Waals surface area contributed by atoms with Crippen LogP contribution < -0.4 is 10.1 Å². The average Bonchev–Trinajstić information content (AvgIpc) is 2.64. The van der Waals surface area contributed by atoms with Gasteiger partial charge in [-0.1, -0.05) is 6.42 Å². The van der Waals surface area contributed by atoms with E-state index in [1.54, 1.807) is 4.90 Å². The van der Waals surface area contributed by atoms with Gasteiger partial charge in [0.25, 0.3) is 0 Å². The number of carbonyl (C=O) groups is 2. The molecule has 6 nitrogen and oxygen atoms in total. The highest BCUT2D eigenvalue weighted by Gasteiger charge is 2.45. The monoisotopic (exact) mass is 350 g/mol. The Kier molecular flexibility index (Phi) is 5.22. The third-order valence-corrected chi connectivity index (χ3v) is 5.01. The van der Waals surface area contributed by atoms with Crippen molar-refractivity contribution in [2.45, 2.75) is 43.7 Å². The van der Waals surface area contributed by atoms with Crippen LogP contribution in [0.25, 0.3) is 0 Å². The number of nitrogens with one attached hydrogen (secondary N) is 1. The molecule has 0 spiro atoms. The van der Waals surface area contributed by atoms with Gasteiger partial charge in [0.15, 0.2) is 0 Å². The van der Waals surface area contributed by atoms with Crippen LogP contribution in [0.3, 0.4) is 0 Å². The number of carboxylic acid groups (broad SMARTS) is 1. The smallest absolute Gasteiger partial charge is 0.348 e. The molecule has 2 N–H and O–H groups in total. The van der Waals surface area contributed by atoms with Gasteiger partial charge < -0.3 is 20.1 Å². The number of rotatable bonds is 4. The molecule has 0 unspecified atom stereocenters. The Morgan fingerprint density at radius 1 is 1.20 bits per heavy atom. The predicted octanol–water partition coefficient (Wildman–Crippen LogP) is 1.79. The number of piperidine rings is 2. The van der Waals surface area contributed by atoms with Gasteiger partial charge in [0.05, 0.1) is 6.04 Å². The van der Waals surface area contributed by atoms with E-state index in [4.69, 9.17) is 4.74 Å². The first-order valence-electron chi connectivity index (χ1n) is 8.70. The van der Waals surface area contributed by atoms with E-state index in [2.05, 4.69) is 5.32 Å². The van der Waals surface area contributed by atoms with Crippen molar-refractivity contribution in [2.24, 2.45) is 0 Å². The summed E-state index contributed by atoms with van der Waals surface area (Å²) in [4.78, 5) is 26.1. The summed E-state index contributed by atoms with van der Waals surface area (Å²) in [5, 5.41) is 12.9. The van der Waals surface area contributed by atoms with Crippen LogP contribution >= 0.6 is 0 Å². The Hall–Kier alpha value is -2.15. The highest BCUT2D eigenvalue weighted by Crippen LogP contribution is 2.30. The Morgan fingerprint density at radius 2 is 1.88 bits per heavy atom. The third kappa shape index (κ3) is 3.92. The molecule has 3 rings (SSSR count). The number of amides is 1. The van der Waals surface area contributed by atoms with Gasteiger partial charge in [0, 0.05) is 25.9 Å². The number of likely N-dealkylation sites (tertiary alicyclic amines) is 1. The highest BCUT2D eigenvalue weighted by atomic mass is 19.1. The number of nitrogens with zero attached hydrogens (tertiary/aromatic N) is 1. The number of hydrogen-bond acceptors (Lipinski definition) is 4. The number of halogens is 1. The molecular weight excluding hydrogens is 327 g/mol. The van der Waals surface area contributed by atoms with Crippen molar-refractivity contribution in [1.82, 2.24) is 10.2 Å². The zero-order valence-electron chi connectivity index (χ0n) is 14.0. The quantitative estimate of drug-likeness (QED) is 0.866. The lowest BCUT2D eigenvalue weighted by atomic mass is 9.90. The summed E-state index contributed by atoms with van der Waals surface area (Å²) in [5.74, 6) is -1.10. The number of benzene rings is 1. The van der Waals surface area contributed by atoms with E-state index >= 15 is 0 Å². The van der Waals surface area contributed by atoms with Crippen molar-refractivity contribution in [3.05, 3.63) is 30.1 Å². The van der Waals surface area contributed by atoms with Gasteiger partial charge in [0.2, 0.25) is 11.5 Å². The molecule has 7 heteroatoms. The molecule has 0 radical (unpaired) electrons. The summed E-state index contributed by atoms with van der Waals surface area (Å²) < 4.78 is 18.7. The maximum Gasteiger partial charge on any atom is 0.348 e. The first-order valence-corrected chi connectivity index (χ1v) is 8.70. The fourth-order valence-electron chi connectivity index (χ4n) is 3.46. The molecule has 1 aromatic carbocycles. The summed E-state index contributed by atoms with van der Waals surface area (Å²) in [6.07, 6.45) is 3.35. The second-order valence-electron chi connectivity index (χ2n) is 6.68. The van der Waals surface area contributed by atoms with E-state index in [0.717, 1.165) is 25.8 Å². The minimum absolute atomic E-state index is 0.0421. The van der Waals surface area contributed by atoms with Gasteiger partial charge in [-0.25, -0.2) is 9.18 Å². The van der Waals surface area contributed by atoms with Crippen LogP contribution in [0.15, 0.2) is 24.3 Å². The van der Waals surface area contributed by atoms with Crippen molar-refractivity contribution >= 4 is 11.9 Å². The van der Waals surface area contributed by atoms with E-state index < -0.39 is 17.4 Å². The number of carbonyl (C=O) groups excluding carboxylic acids is 1. The van der Waals surface area contributed by atoms with Crippen molar-refractivity contribution in [3.63, 3.8) is 0 Å². The standard InChI is InChI=1S/C18H23FN2O4/c19-13-4-6-14(7-5-13)25-18(17(23)24)8-11-21(12-9-18)16(22)15-3-1-2-10-20-15/h4-7,15,20H,1-3,8-12H2,(H,23,24)/t15-/m0/s1. The summed E-state index contributed by atoms with van der Waals surface area (Å²) in [6.45, 7) is 1.52. The predicted molar refractivity (Wildman–Crippen MR) is 88.9 cm³/mol. The first kappa shape index (κ1) is 17.7. The lowest BCUT2D eigenvalue weighted by Gasteiger charge is -2.40. The SMILES string of the molecule is O=C([C@@H]1CCCCN1)N1CCC(Oc2ccc(F)cc2)(C(=O)O)CC1. The minimum atomic E-state index is -1.38. The molecule has 136 valence electrons. The molecule has 1 aromatic rings. The number of aliphatic carboxylic acids is 1. The van der Waals surface area contributed by atoms with Crippen LogP contribution in [0, 0.1) is 5.82 Å². The number of ether oxygens (including phenoxy) is 1. The molecule has 25 heavy (non-hydrogen) atoms. The van der Waals surface area contributed by atoms with E-state index in [1.165, 1.54) is 24.3 Å². The molecule has 2 aliphatic rings. The van der Waals surface area contributed by atoms with Gasteiger partial charge in [-0.15, -0.1) is 0 Å². The number of carboxylic acids is 1. The Morgan fingerprint density at radius 3 is 2.44 bits per heavy atom. The normalized spacial score (nSPS) is 23.1. The zero-order chi connectivity index (χ0) is 17.9. The second kappa shape index (κ2) is 7.39. The van der Waals surface area contributed by atoms with E-state index in [1.807, 2.05) is 0 Å². The molecule has 2 fully saturated rings. The molecule has 2 aliphatic heterocycles. The van der Waals surface area contributed by atoms with Gasteiger partial charge >= 0.3 is 5.97 Å². The molecule has 0 saturated carbocycles. The average molecular weight is 350 g/mol. The van der Waals surface area contributed by atoms with Crippen LogP contribution in [0.1, 0.15) is 32.1 Å². The maximum absolute atomic E-state index is 13.0. The van der Waals surface area contributed by atoms with Crippen LogP contribution in [-0.2, 0) is 9.59 Å². The van der Waals surface area contributed by atoms with E-state index in [9.17, 15) is 19.1 Å². The Bertz CT molecular complexity index is 620. The third-order valence-electron chi connectivity index (χ3n) is 5.01. The molecule has 0 aromatic heterocycles. The van der Waals surface area contributed by atoms with Crippen LogP contribution in [-0.4, -0.2) is 53.2 Å². The van der Waals surface area contributed by atoms with Crippen molar-refractivity contribution in [1.29, 1.82) is 0 Å². The maximum atomic E-state index is 13.0. The highest BCUT2D eigenvalue weighted by molar-refractivity contribution is 5.83. The van der Waals surface area contributed by atoms with Gasteiger partial charge in [-0.2, -0.15) is 0 Å². The Balaban J connectivity index is 1.64. The molecular formula is C18H23FN2O4. The van der Waals surface area contributed by atoms with Crippen LogP contribution in [0.4, 0.5) is 4.39 Å². The summed E-state index contributed by atoms with van der Waals surface area (Å²) in [7, 11) is 0. The lowest BCUT2D eigenvalue weighted by molar-refractivity contribution is -0.162. The molecule has 1 atom stereocenters. The second-order valence-corrected chi connectivity index (χ2v) is 6.68. The summed E-state index contributed by atoms with van der Waals surface area (Å²) >= 11 is 0. The fourth-order valence-corrected chi connectivity index (χ4v) is 3.46. The minimum Gasteiger partial charge on any atom is -0.478 e. The van der Waals surface area contributed by atoms with Crippen molar-refractivity contribution in [2.75, 3.05) is 19.6 Å². The zero-order valence-corrected chi connectivity index (χ0v) is 14.0. The van der Waals surface area contributed by atoms with E-state index in [0.29, 0.717) is 18.8 Å². The van der Waals surface area contributed by atoms with Crippen LogP contribution in [0.2, 0.25) is 0 Å². The molecule has 0 bridgehead atoms. The van der Waals surface area contributed by atoms with Crippen LogP contribution in [0.5, 0.6) is 5.75 Å². The largest absolute Gasteiger partial charge is 0.478 e. The molecule has 2 heterocycles. The van der Waals surface area contributed by atoms with Gasteiger partial charge in [0.1, 0.15) is 11.6 Å². The lowest BCUT2D eigenvalue weighted by Crippen LogP contribution is -2.57. The number of hydrogen-bond donors (Lipinski definition) is 2. The van der Waals surface area contributed by atoms with Gasteiger partial charge in [-0.05, 0) is 43.7 Å². The first-order chi connectivity index (χ1) is 12.0. The summed E-state index contributed by atoms with van der Waals surface area (Å²) in [5.41, 5.74) is -1.38. The van der Waals surface area contributed by atoms with Gasteiger partial charge in [-0.3, -0.25) is 4.79 Å². The topological polar surface area (TPSA) is 78.9 Å². The van der Waals surface area contributed by atoms with Crippen molar-refractivity contribution in [3.8, 4) is 5.75 Å². The Labute approximate surface area is 146 Å². The fraction of sp³-hybridized carbons (Fsp3) is 0.556.